The van der Waals surface area contributed by atoms with Crippen LogP contribution in [0.5, 0.6) is 0 Å². The second-order valence-electron chi connectivity index (χ2n) is 8.71. The van der Waals surface area contributed by atoms with Crippen LogP contribution in [0.15, 0.2) is 58.8 Å². The van der Waals surface area contributed by atoms with E-state index in [1.54, 1.807) is 7.05 Å². The molecule has 1 unspecified atom stereocenters. The smallest absolute Gasteiger partial charge is 0.257 e. The number of hydrogen-bond acceptors (Lipinski definition) is 6. The van der Waals surface area contributed by atoms with Crippen molar-refractivity contribution in [1.82, 2.24) is 9.29 Å². The first-order valence-corrected chi connectivity index (χ1v) is 13.6. The van der Waals surface area contributed by atoms with E-state index < -0.39 is 10.0 Å². The molecule has 1 aromatic heterocycles. The first kappa shape index (κ1) is 24.5. The number of rotatable bonds is 8. The molecule has 1 amide bonds. The number of nitrogens with zero attached hydrogens (tertiary/aromatic N) is 2. The summed E-state index contributed by atoms with van der Waals surface area (Å²) in [5.74, 6) is 0.120. The summed E-state index contributed by atoms with van der Waals surface area (Å²) >= 11 is 1.35. The normalized spacial score (nSPS) is 16.3. The molecular weight excluding hydrogens is 470 g/mol. The number of ether oxygens (including phenoxy) is 1. The van der Waals surface area contributed by atoms with Crippen molar-refractivity contribution in [3.63, 3.8) is 0 Å². The topological polar surface area (TPSA) is 88.6 Å². The lowest BCUT2D eigenvalue weighted by atomic mass is 10.0. The number of likely N-dealkylation sites (N-methyl/N-ethyl adjacent to an activating group) is 1. The number of hydrogen-bond donors (Lipinski definition) is 1. The highest BCUT2D eigenvalue weighted by atomic mass is 32.2. The SMILES string of the molecule is CC(C)c1ccc(-c2csc(NC(=O)c3ccc(S(=O)(=O)N(C)CC4CCCO4)cc3)n2)cc1. The van der Waals surface area contributed by atoms with Gasteiger partial charge in [0, 0.05) is 36.7 Å². The molecule has 1 N–H and O–H groups in total. The summed E-state index contributed by atoms with van der Waals surface area (Å²) in [6, 6.07) is 14.2. The number of nitrogens with one attached hydrogen (secondary N) is 1. The maximum absolute atomic E-state index is 12.8. The van der Waals surface area contributed by atoms with Gasteiger partial charge in [-0.1, -0.05) is 38.1 Å². The van der Waals surface area contributed by atoms with Gasteiger partial charge in [-0.05, 0) is 48.6 Å². The zero-order chi connectivity index (χ0) is 24.3. The molecule has 34 heavy (non-hydrogen) atoms. The van der Waals surface area contributed by atoms with Crippen LogP contribution in [-0.2, 0) is 14.8 Å². The fraction of sp³-hybridized carbons (Fsp3) is 0.360. The van der Waals surface area contributed by atoms with Crippen molar-refractivity contribution in [3.05, 3.63) is 65.0 Å². The summed E-state index contributed by atoms with van der Waals surface area (Å²) in [4.78, 5) is 17.3. The molecule has 2 heterocycles. The van der Waals surface area contributed by atoms with E-state index in [-0.39, 0.29) is 16.9 Å². The van der Waals surface area contributed by atoms with Gasteiger partial charge in [-0.3, -0.25) is 10.1 Å². The van der Waals surface area contributed by atoms with Crippen LogP contribution in [0, 0.1) is 0 Å². The third-order valence-corrected chi connectivity index (χ3v) is 8.50. The van der Waals surface area contributed by atoms with E-state index in [1.165, 1.54) is 45.5 Å². The molecule has 0 radical (unpaired) electrons. The number of anilines is 1. The minimum absolute atomic E-state index is 0.0684. The summed E-state index contributed by atoms with van der Waals surface area (Å²) in [6.45, 7) is 5.29. The zero-order valence-electron chi connectivity index (χ0n) is 19.5. The number of benzene rings is 2. The van der Waals surface area contributed by atoms with E-state index in [0.717, 1.165) is 24.1 Å². The van der Waals surface area contributed by atoms with Gasteiger partial charge in [0.15, 0.2) is 5.13 Å². The van der Waals surface area contributed by atoms with Crippen molar-refractivity contribution in [2.75, 3.05) is 25.5 Å². The van der Waals surface area contributed by atoms with Crippen molar-refractivity contribution >= 4 is 32.4 Å². The number of sulfonamides is 1. The van der Waals surface area contributed by atoms with Crippen LogP contribution in [0.3, 0.4) is 0 Å². The molecule has 1 saturated heterocycles. The molecule has 0 bridgehead atoms. The Kier molecular flexibility index (Phi) is 7.47. The van der Waals surface area contributed by atoms with E-state index >= 15 is 0 Å². The molecular formula is C25H29N3O4S2. The predicted octanol–water partition coefficient (Wildman–Crippen LogP) is 4.99. The maximum Gasteiger partial charge on any atom is 0.257 e. The lowest BCUT2D eigenvalue weighted by Gasteiger charge is -2.20. The Morgan fingerprint density at radius 1 is 1.18 bits per heavy atom. The van der Waals surface area contributed by atoms with Gasteiger partial charge >= 0.3 is 0 Å². The maximum atomic E-state index is 12.8. The summed E-state index contributed by atoms with van der Waals surface area (Å²) in [5, 5.41) is 5.19. The number of thiazole rings is 1. The highest BCUT2D eigenvalue weighted by Gasteiger charge is 2.26. The highest BCUT2D eigenvalue weighted by molar-refractivity contribution is 7.89. The van der Waals surface area contributed by atoms with Gasteiger partial charge in [0.05, 0.1) is 16.7 Å². The van der Waals surface area contributed by atoms with Gasteiger partial charge in [0.1, 0.15) is 0 Å². The highest BCUT2D eigenvalue weighted by Crippen LogP contribution is 2.27. The number of carbonyl (C=O) groups is 1. The Morgan fingerprint density at radius 2 is 1.88 bits per heavy atom. The summed E-state index contributed by atoms with van der Waals surface area (Å²) in [6.07, 6.45) is 1.75. The van der Waals surface area contributed by atoms with Crippen LogP contribution in [0.1, 0.15) is 48.5 Å². The molecule has 0 spiro atoms. The molecule has 1 aliphatic heterocycles. The van der Waals surface area contributed by atoms with E-state index in [9.17, 15) is 13.2 Å². The predicted molar refractivity (Wildman–Crippen MR) is 135 cm³/mol. The minimum Gasteiger partial charge on any atom is -0.377 e. The third-order valence-electron chi connectivity index (χ3n) is 5.91. The van der Waals surface area contributed by atoms with Gasteiger partial charge < -0.3 is 4.74 Å². The molecule has 0 aliphatic carbocycles. The largest absolute Gasteiger partial charge is 0.377 e. The Bertz CT molecular complexity index is 1230. The van der Waals surface area contributed by atoms with Crippen molar-refractivity contribution < 1.29 is 17.9 Å². The van der Waals surface area contributed by atoms with Crippen molar-refractivity contribution in [2.24, 2.45) is 0 Å². The van der Waals surface area contributed by atoms with Crippen molar-refractivity contribution in [2.45, 2.75) is 43.6 Å². The first-order chi connectivity index (χ1) is 16.2. The van der Waals surface area contributed by atoms with Crippen LogP contribution in [0.4, 0.5) is 5.13 Å². The molecule has 180 valence electrons. The van der Waals surface area contributed by atoms with Crippen LogP contribution in [0.2, 0.25) is 0 Å². The van der Waals surface area contributed by atoms with Crippen LogP contribution in [0.25, 0.3) is 11.3 Å². The van der Waals surface area contributed by atoms with Gasteiger partial charge in [0.2, 0.25) is 10.0 Å². The number of carbonyl (C=O) groups excluding carboxylic acids is 1. The number of amides is 1. The van der Waals surface area contributed by atoms with Crippen LogP contribution < -0.4 is 5.32 Å². The van der Waals surface area contributed by atoms with E-state index in [0.29, 0.717) is 29.8 Å². The van der Waals surface area contributed by atoms with Gasteiger partial charge in [-0.15, -0.1) is 11.3 Å². The van der Waals surface area contributed by atoms with Crippen LogP contribution in [-0.4, -0.2) is 49.9 Å². The monoisotopic (exact) mass is 499 g/mol. The first-order valence-electron chi connectivity index (χ1n) is 11.3. The molecule has 9 heteroatoms. The molecule has 7 nitrogen and oxygen atoms in total. The molecule has 1 atom stereocenters. The molecule has 1 fully saturated rings. The second kappa shape index (κ2) is 10.4. The molecule has 1 aliphatic rings. The fourth-order valence-corrected chi connectivity index (χ4v) is 5.72. The van der Waals surface area contributed by atoms with E-state index in [2.05, 4.69) is 36.3 Å². The standard InChI is InChI=1S/C25H29N3O4S2/c1-17(2)18-6-8-19(9-7-18)23-16-33-25(26-23)27-24(29)20-10-12-22(13-11-20)34(30,31)28(3)15-21-5-4-14-32-21/h6-13,16-17,21H,4-5,14-15H2,1-3H3,(H,26,27,29). The number of aromatic nitrogens is 1. The zero-order valence-corrected chi connectivity index (χ0v) is 21.2. The summed E-state index contributed by atoms with van der Waals surface area (Å²) < 4.78 is 32.5. The van der Waals surface area contributed by atoms with Gasteiger partial charge in [0.25, 0.3) is 5.91 Å². The van der Waals surface area contributed by atoms with Gasteiger partial charge in [-0.25, -0.2) is 13.4 Å². The Balaban J connectivity index is 1.40. The molecule has 2 aromatic carbocycles. The average Bonchev–Trinajstić information content (AvgIpc) is 3.51. The Labute approximate surface area is 204 Å². The minimum atomic E-state index is -3.65. The lowest BCUT2D eigenvalue weighted by Crippen LogP contribution is -2.34. The lowest BCUT2D eigenvalue weighted by molar-refractivity contribution is 0.0979. The quantitative estimate of drug-likeness (QED) is 0.472. The second-order valence-corrected chi connectivity index (χ2v) is 11.6. The molecule has 0 saturated carbocycles. The summed E-state index contributed by atoms with van der Waals surface area (Å²) in [5.41, 5.74) is 3.41. The fourth-order valence-electron chi connectivity index (χ4n) is 3.80. The van der Waals surface area contributed by atoms with E-state index in [1.807, 2.05) is 17.5 Å². The summed E-state index contributed by atoms with van der Waals surface area (Å²) in [7, 11) is -2.10. The van der Waals surface area contributed by atoms with Crippen molar-refractivity contribution in [3.8, 4) is 11.3 Å². The Hall–Kier alpha value is -2.59. The molecule has 4 rings (SSSR count). The Morgan fingerprint density at radius 3 is 2.50 bits per heavy atom. The average molecular weight is 500 g/mol. The molecule has 3 aromatic rings. The van der Waals surface area contributed by atoms with Crippen molar-refractivity contribution in [1.29, 1.82) is 0 Å². The van der Waals surface area contributed by atoms with Gasteiger partial charge in [-0.2, -0.15) is 4.31 Å². The van der Waals surface area contributed by atoms with E-state index in [4.69, 9.17) is 4.74 Å². The van der Waals surface area contributed by atoms with Crippen LogP contribution >= 0.6 is 11.3 Å². The third kappa shape index (κ3) is 5.55.